The molecule has 0 bridgehead atoms. The Balaban J connectivity index is 1.74. The third-order valence-corrected chi connectivity index (χ3v) is 6.00. The smallest absolute Gasteiger partial charge is 0.168 e. The molecule has 2 rings (SSSR count). The molecule has 0 aromatic heterocycles. The number of nitrogens with zero attached hydrogens (tertiary/aromatic N) is 1. The number of hydrogen-bond donors (Lipinski definition) is 1. The molecule has 0 aromatic rings. The Bertz CT molecular complexity index is 387. The zero-order valence-electron chi connectivity index (χ0n) is 10.7. The van der Waals surface area contributed by atoms with Crippen molar-refractivity contribution in [3.63, 3.8) is 0 Å². The second kappa shape index (κ2) is 6.19. The van der Waals surface area contributed by atoms with Gasteiger partial charge in [0.25, 0.3) is 0 Å². The third-order valence-electron chi connectivity index (χ3n) is 3.76. The molecule has 0 aromatic carbocycles. The van der Waals surface area contributed by atoms with Gasteiger partial charge in [0.1, 0.15) is 0 Å². The van der Waals surface area contributed by atoms with Crippen LogP contribution in [0.5, 0.6) is 0 Å². The highest BCUT2D eigenvalue weighted by Crippen LogP contribution is 2.17. The van der Waals surface area contributed by atoms with Crippen LogP contribution in [0.25, 0.3) is 0 Å². The summed E-state index contributed by atoms with van der Waals surface area (Å²) in [6.07, 6.45) is 5.77. The minimum absolute atomic E-state index is 0.236. The minimum atomic E-state index is -2.77. The predicted octanol–water partition coefficient (Wildman–Crippen LogP) is 1.17. The van der Waals surface area contributed by atoms with E-state index in [1.807, 2.05) is 0 Å². The Morgan fingerprint density at radius 1 is 1.22 bits per heavy atom. The van der Waals surface area contributed by atoms with Crippen LogP contribution in [0.4, 0.5) is 0 Å². The normalized spacial score (nSPS) is 27.8. The monoisotopic (exact) mass is 290 g/mol. The van der Waals surface area contributed by atoms with Crippen LogP contribution in [-0.2, 0) is 9.84 Å². The van der Waals surface area contributed by atoms with Crippen molar-refractivity contribution < 1.29 is 8.42 Å². The highest BCUT2D eigenvalue weighted by atomic mass is 32.2. The Labute approximate surface area is 115 Å². The SMILES string of the molecule is O=S1(=O)CCC(CNC(=S)N2CCCCCC2)C1. The number of thiocarbonyl (C=S) groups is 1. The molecule has 0 aliphatic carbocycles. The summed E-state index contributed by atoms with van der Waals surface area (Å²) in [7, 11) is -2.77. The van der Waals surface area contributed by atoms with Crippen LogP contribution in [-0.4, -0.2) is 49.6 Å². The first-order valence-electron chi connectivity index (χ1n) is 6.80. The lowest BCUT2D eigenvalue weighted by molar-refractivity contribution is 0.421. The van der Waals surface area contributed by atoms with Crippen molar-refractivity contribution in [2.24, 2.45) is 5.92 Å². The van der Waals surface area contributed by atoms with E-state index in [2.05, 4.69) is 10.2 Å². The summed E-state index contributed by atoms with van der Waals surface area (Å²) in [4.78, 5) is 2.23. The van der Waals surface area contributed by atoms with Crippen LogP contribution < -0.4 is 5.32 Å². The molecular weight excluding hydrogens is 268 g/mol. The fourth-order valence-corrected chi connectivity index (χ4v) is 4.78. The van der Waals surface area contributed by atoms with E-state index in [4.69, 9.17) is 12.2 Å². The summed E-state index contributed by atoms with van der Waals surface area (Å²) >= 11 is 5.39. The van der Waals surface area contributed by atoms with Crippen molar-refractivity contribution >= 4 is 27.2 Å². The van der Waals surface area contributed by atoms with Gasteiger partial charge >= 0.3 is 0 Å². The molecular formula is C12H22N2O2S2. The molecule has 1 N–H and O–H groups in total. The fourth-order valence-electron chi connectivity index (χ4n) is 2.65. The van der Waals surface area contributed by atoms with Crippen molar-refractivity contribution in [2.75, 3.05) is 31.1 Å². The molecule has 2 saturated heterocycles. The van der Waals surface area contributed by atoms with Crippen LogP contribution in [0, 0.1) is 5.92 Å². The topological polar surface area (TPSA) is 49.4 Å². The molecule has 18 heavy (non-hydrogen) atoms. The molecule has 0 spiro atoms. The molecule has 0 amide bonds. The van der Waals surface area contributed by atoms with Gasteiger partial charge in [-0.3, -0.25) is 0 Å². The molecule has 0 saturated carbocycles. The third kappa shape index (κ3) is 4.09. The van der Waals surface area contributed by atoms with E-state index in [0.717, 1.165) is 24.6 Å². The lowest BCUT2D eigenvalue weighted by Crippen LogP contribution is -2.42. The maximum atomic E-state index is 11.4. The van der Waals surface area contributed by atoms with Gasteiger partial charge in [0.05, 0.1) is 11.5 Å². The molecule has 2 heterocycles. The number of nitrogens with one attached hydrogen (secondary N) is 1. The maximum absolute atomic E-state index is 11.4. The van der Waals surface area contributed by atoms with Crippen molar-refractivity contribution in [1.29, 1.82) is 0 Å². The Morgan fingerprint density at radius 2 is 1.89 bits per heavy atom. The van der Waals surface area contributed by atoms with Crippen molar-refractivity contribution in [3.8, 4) is 0 Å². The van der Waals surface area contributed by atoms with Crippen LogP contribution >= 0.6 is 12.2 Å². The Hall–Kier alpha value is -0.360. The molecule has 1 atom stereocenters. The number of likely N-dealkylation sites (tertiary alicyclic amines) is 1. The van der Waals surface area contributed by atoms with Gasteiger partial charge in [-0.2, -0.15) is 0 Å². The summed E-state index contributed by atoms with van der Waals surface area (Å²) in [6, 6.07) is 0. The average Bonchev–Trinajstić information content (AvgIpc) is 2.57. The number of rotatable bonds is 2. The van der Waals surface area contributed by atoms with E-state index < -0.39 is 9.84 Å². The van der Waals surface area contributed by atoms with Crippen LogP contribution in [0.1, 0.15) is 32.1 Å². The Kier molecular flexibility index (Phi) is 4.84. The van der Waals surface area contributed by atoms with Crippen molar-refractivity contribution in [3.05, 3.63) is 0 Å². The van der Waals surface area contributed by atoms with Crippen molar-refractivity contribution in [1.82, 2.24) is 10.2 Å². The van der Waals surface area contributed by atoms with E-state index in [-0.39, 0.29) is 5.92 Å². The summed E-state index contributed by atoms with van der Waals surface area (Å²) in [6.45, 7) is 2.78. The average molecular weight is 290 g/mol. The fraction of sp³-hybridized carbons (Fsp3) is 0.917. The zero-order valence-corrected chi connectivity index (χ0v) is 12.4. The molecule has 104 valence electrons. The first kappa shape index (κ1) is 14.1. The summed E-state index contributed by atoms with van der Waals surface area (Å²) < 4.78 is 22.7. The van der Waals surface area contributed by atoms with E-state index in [1.165, 1.54) is 25.7 Å². The number of sulfone groups is 1. The van der Waals surface area contributed by atoms with E-state index in [1.54, 1.807) is 0 Å². The zero-order chi connectivity index (χ0) is 13.0. The van der Waals surface area contributed by atoms with Crippen molar-refractivity contribution in [2.45, 2.75) is 32.1 Å². The van der Waals surface area contributed by atoms with Gasteiger partial charge in [-0.1, -0.05) is 12.8 Å². The van der Waals surface area contributed by atoms with Gasteiger partial charge in [0.2, 0.25) is 0 Å². The van der Waals surface area contributed by atoms with Gasteiger partial charge in [-0.25, -0.2) is 8.42 Å². The van der Waals surface area contributed by atoms with Gasteiger partial charge in [0.15, 0.2) is 14.9 Å². The van der Waals surface area contributed by atoms with Gasteiger partial charge < -0.3 is 10.2 Å². The van der Waals surface area contributed by atoms with Gasteiger partial charge in [-0.05, 0) is 37.4 Å². The first-order chi connectivity index (χ1) is 8.57. The summed E-state index contributed by atoms with van der Waals surface area (Å²) in [5.74, 6) is 0.901. The van der Waals surface area contributed by atoms with Gasteiger partial charge in [-0.15, -0.1) is 0 Å². The van der Waals surface area contributed by atoms with E-state index in [0.29, 0.717) is 18.1 Å². The highest BCUT2D eigenvalue weighted by molar-refractivity contribution is 7.91. The largest absolute Gasteiger partial charge is 0.362 e. The van der Waals surface area contributed by atoms with E-state index >= 15 is 0 Å². The molecule has 1 unspecified atom stereocenters. The maximum Gasteiger partial charge on any atom is 0.168 e. The molecule has 4 nitrogen and oxygen atoms in total. The predicted molar refractivity (Wildman–Crippen MR) is 77.4 cm³/mol. The first-order valence-corrected chi connectivity index (χ1v) is 9.03. The van der Waals surface area contributed by atoms with Gasteiger partial charge in [0, 0.05) is 19.6 Å². The van der Waals surface area contributed by atoms with Crippen LogP contribution in [0.15, 0.2) is 0 Å². The molecule has 0 radical (unpaired) electrons. The van der Waals surface area contributed by atoms with Crippen LogP contribution in [0.3, 0.4) is 0 Å². The van der Waals surface area contributed by atoms with E-state index in [9.17, 15) is 8.42 Å². The molecule has 2 aliphatic rings. The lowest BCUT2D eigenvalue weighted by atomic mass is 10.1. The minimum Gasteiger partial charge on any atom is -0.362 e. The highest BCUT2D eigenvalue weighted by Gasteiger charge is 2.27. The molecule has 2 fully saturated rings. The second-order valence-corrected chi connectivity index (χ2v) is 7.97. The summed E-state index contributed by atoms with van der Waals surface area (Å²) in [5, 5.41) is 4.06. The number of hydrogen-bond acceptors (Lipinski definition) is 3. The lowest BCUT2D eigenvalue weighted by Gasteiger charge is -2.24. The quantitative estimate of drug-likeness (QED) is 0.774. The summed E-state index contributed by atoms with van der Waals surface area (Å²) in [5.41, 5.74) is 0. The second-order valence-electron chi connectivity index (χ2n) is 5.36. The molecule has 6 heteroatoms. The molecule has 2 aliphatic heterocycles. The Morgan fingerprint density at radius 3 is 2.44 bits per heavy atom. The standard InChI is InChI=1S/C12H22N2O2S2/c15-18(16)8-5-11(10-18)9-13-12(17)14-6-3-1-2-4-7-14/h11H,1-10H2,(H,13,17). The van der Waals surface area contributed by atoms with Crippen LogP contribution in [0.2, 0.25) is 0 Å².